The largest absolute Gasteiger partial charge is 0.398 e. The smallest absolute Gasteiger partial charge is 0.257 e. The number of anilines is 1. The third-order valence-electron chi connectivity index (χ3n) is 3.36. The van der Waals surface area contributed by atoms with Crippen molar-refractivity contribution in [1.82, 2.24) is 4.90 Å². The first-order valence-electron chi connectivity index (χ1n) is 6.25. The third kappa shape index (κ3) is 2.93. The van der Waals surface area contributed by atoms with E-state index in [-0.39, 0.29) is 5.91 Å². The third-order valence-corrected chi connectivity index (χ3v) is 6.00. The van der Waals surface area contributed by atoms with Crippen molar-refractivity contribution in [2.45, 2.75) is 12.3 Å². The first kappa shape index (κ1) is 15.2. The summed E-state index contributed by atoms with van der Waals surface area (Å²) in [6.07, 6.45) is 1.17. The van der Waals surface area contributed by atoms with Crippen molar-refractivity contribution in [3.8, 4) is 0 Å². The average Bonchev–Trinajstić information content (AvgIpc) is 2.37. The zero-order chi connectivity index (χ0) is 14.9. The number of benzene rings is 1. The van der Waals surface area contributed by atoms with Gasteiger partial charge in [-0.2, -0.15) is 11.8 Å². The molecule has 1 fully saturated rings. The lowest BCUT2D eigenvalue weighted by Crippen LogP contribution is -2.50. The van der Waals surface area contributed by atoms with Gasteiger partial charge in [0.25, 0.3) is 5.91 Å². The standard InChI is InChI=1S/C13H18N2O3S2/c1-9-4-3-5-10(14)12(9)13(16)15-6-7-19-8-11(15)20(2,17)18/h3-5,11H,6-8,14H2,1-2H3. The van der Waals surface area contributed by atoms with Crippen LogP contribution in [0.3, 0.4) is 0 Å². The Morgan fingerprint density at radius 2 is 2.15 bits per heavy atom. The minimum Gasteiger partial charge on any atom is -0.398 e. The number of carbonyl (C=O) groups excluding carboxylic acids is 1. The van der Waals surface area contributed by atoms with Gasteiger partial charge < -0.3 is 10.6 Å². The topological polar surface area (TPSA) is 80.5 Å². The number of hydrogen-bond donors (Lipinski definition) is 1. The van der Waals surface area contributed by atoms with E-state index in [4.69, 9.17) is 5.73 Å². The summed E-state index contributed by atoms with van der Waals surface area (Å²) in [5.74, 6) is 0.858. The Hall–Kier alpha value is -1.21. The number of rotatable bonds is 2. The number of carbonyl (C=O) groups is 1. The maximum atomic E-state index is 12.7. The van der Waals surface area contributed by atoms with Crippen molar-refractivity contribution in [2.24, 2.45) is 0 Å². The minimum atomic E-state index is -3.31. The first-order chi connectivity index (χ1) is 9.32. The van der Waals surface area contributed by atoms with E-state index >= 15 is 0 Å². The van der Waals surface area contributed by atoms with Crippen molar-refractivity contribution >= 4 is 33.2 Å². The molecular formula is C13H18N2O3S2. The second-order valence-electron chi connectivity index (χ2n) is 4.90. The second kappa shape index (κ2) is 5.65. The molecule has 7 heteroatoms. The second-order valence-corrected chi connectivity index (χ2v) is 8.25. The summed E-state index contributed by atoms with van der Waals surface area (Å²) < 4.78 is 23.7. The number of nitrogen functional groups attached to an aromatic ring is 1. The fourth-order valence-corrected chi connectivity index (χ4v) is 5.11. The van der Waals surface area contributed by atoms with E-state index in [1.54, 1.807) is 36.9 Å². The van der Waals surface area contributed by atoms with Crippen LogP contribution >= 0.6 is 11.8 Å². The average molecular weight is 314 g/mol. The molecule has 0 saturated carbocycles. The SMILES string of the molecule is Cc1cccc(N)c1C(=O)N1CCSCC1S(C)(=O)=O. The number of nitrogens with two attached hydrogens (primary N) is 1. The monoisotopic (exact) mass is 314 g/mol. The van der Waals surface area contributed by atoms with Crippen LogP contribution in [0.25, 0.3) is 0 Å². The molecule has 1 aromatic carbocycles. The molecule has 0 radical (unpaired) electrons. The molecule has 1 amide bonds. The number of aryl methyl sites for hydroxylation is 1. The van der Waals surface area contributed by atoms with Crippen molar-refractivity contribution in [3.05, 3.63) is 29.3 Å². The zero-order valence-electron chi connectivity index (χ0n) is 11.5. The Morgan fingerprint density at radius 3 is 2.75 bits per heavy atom. The van der Waals surface area contributed by atoms with Crippen LogP contribution < -0.4 is 5.73 Å². The molecule has 1 atom stereocenters. The van der Waals surface area contributed by atoms with Crippen molar-refractivity contribution in [2.75, 3.05) is 30.0 Å². The molecule has 5 nitrogen and oxygen atoms in total. The molecule has 20 heavy (non-hydrogen) atoms. The van der Waals surface area contributed by atoms with E-state index < -0.39 is 15.2 Å². The summed E-state index contributed by atoms with van der Waals surface area (Å²) in [7, 11) is -3.31. The van der Waals surface area contributed by atoms with Crippen LogP contribution in [-0.2, 0) is 9.84 Å². The summed E-state index contributed by atoms with van der Waals surface area (Å²) in [5.41, 5.74) is 7.45. The van der Waals surface area contributed by atoms with Gasteiger partial charge in [0.2, 0.25) is 0 Å². The molecule has 110 valence electrons. The van der Waals surface area contributed by atoms with Crippen LogP contribution in [0.15, 0.2) is 18.2 Å². The van der Waals surface area contributed by atoms with Gasteiger partial charge in [-0.05, 0) is 18.6 Å². The molecule has 2 N–H and O–H groups in total. The molecule has 1 unspecified atom stereocenters. The number of sulfone groups is 1. The highest BCUT2D eigenvalue weighted by Gasteiger charge is 2.35. The lowest BCUT2D eigenvalue weighted by atomic mass is 10.1. The maximum absolute atomic E-state index is 12.7. The van der Waals surface area contributed by atoms with Crippen LogP contribution in [0.4, 0.5) is 5.69 Å². The fraction of sp³-hybridized carbons (Fsp3) is 0.462. The van der Waals surface area contributed by atoms with Crippen LogP contribution in [0, 0.1) is 6.92 Å². The summed E-state index contributed by atoms with van der Waals surface area (Å²) in [5, 5.41) is -0.771. The van der Waals surface area contributed by atoms with Crippen molar-refractivity contribution in [3.63, 3.8) is 0 Å². The first-order valence-corrected chi connectivity index (χ1v) is 9.36. The summed E-state index contributed by atoms with van der Waals surface area (Å²) in [6, 6.07) is 5.24. The molecule has 0 aliphatic carbocycles. The molecular weight excluding hydrogens is 296 g/mol. The molecule has 0 spiro atoms. The van der Waals surface area contributed by atoms with Gasteiger partial charge in [-0.25, -0.2) is 8.42 Å². The minimum absolute atomic E-state index is 0.295. The zero-order valence-corrected chi connectivity index (χ0v) is 13.1. The van der Waals surface area contributed by atoms with E-state index in [0.29, 0.717) is 23.5 Å². The van der Waals surface area contributed by atoms with E-state index in [0.717, 1.165) is 11.3 Å². The summed E-state index contributed by atoms with van der Waals surface area (Å²) >= 11 is 1.55. The van der Waals surface area contributed by atoms with Gasteiger partial charge in [-0.1, -0.05) is 12.1 Å². The molecule has 2 rings (SSSR count). The van der Waals surface area contributed by atoms with Crippen LogP contribution in [0.2, 0.25) is 0 Å². The molecule has 1 saturated heterocycles. The van der Waals surface area contributed by atoms with E-state index in [2.05, 4.69) is 0 Å². The maximum Gasteiger partial charge on any atom is 0.257 e. The Kier molecular flexibility index (Phi) is 4.29. The highest BCUT2D eigenvalue weighted by atomic mass is 32.2. The molecule has 1 heterocycles. The number of amides is 1. The van der Waals surface area contributed by atoms with Gasteiger partial charge in [0.1, 0.15) is 5.37 Å². The lowest BCUT2D eigenvalue weighted by molar-refractivity contribution is 0.0750. The van der Waals surface area contributed by atoms with Gasteiger partial charge in [0, 0.05) is 30.0 Å². The normalized spacial score (nSPS) is 19.9. The molecule has 1 aliphatic rings. The summed E-state index contributed by atoms with van der Waals surface area (Å²) in [4.78, 5) is 14.1. The molecule has 1 aromatic rings. The molecule has 1 aliphatic heterocycles. The van der Waals surface area contributed by atoms with Gasteiger partial charge >= 0.3 is 0 Å². The van der Waals surface area contributed by atoms with Crippen LogP contribution in [0.5, 0.6) is 0 Å². The van der Waals surface area contributed by atoms with Gasteiger partial charge in [0.15, 0.2) is 9.84 Å². The number of thioether (sulfide) groups is 1. The predicted octanol–water partition coefficient (Wildman–Crippen LogP) is 1.14. The van der Waals surface area contributed by atoms with Crippen LogP contribution in [-0.4, -0.2) is 48.9 Å². The highest BCUT2D eigenvalue weighted by Crippen LogP contribution is 2.25. The Bertz CT molecular complexity index is 608. The highest BCUT2D eigenvalue weighted by molar-refractivity contribution is 8.00. The van der Waals surface area contributed by atoms with Crippen molar-refractivity contribution < 1.29 is 13.2 Å². The number of hydrogen-bond acceptors (Lipinski definition) is 5. The quantitative estimate of drug-likeness (QED) is 0.828. The summed E-state index contributed by atoms with van der Waals surface area (Å²) in [6.45, 7) is 2.23. The van der Waals surface area contributed by atoms with Gasteiger partial charge in [-0.15, -0.1) is 0 Å². The molecule has 0 aromatic heterocycles. The lowest BCUT2D eigenvalue weighted by Gasteiger charge is -2.34. The van der Waals surface area contributed by atoms with Crippen molar-refractivity contribution in [1.29, 1.82) is 0 Å². The van der Waals surface area contributed by atoms with Gasteiger partial charge in [0.05, 0.1) is 5.56 Å². The Balaban J connectivity index is 2.41. The predicted molar refractivity (Wildman–Crippen MR) is 82.6 cm³/mol. The Labute approximate surface area is 123 Å². The fourth-order valence-electron chi connectivity index (χ4n) is 2.29. The van der Waals surface area contributed by atoms with E-state index in [1.165, 1.54) is 11.2 Å². The van der Waals surface area contributed by atoms with E-state index in [9.17, 15) is 13.2 Å². The number of nitrogens with zero attached hydrogens (tertiary/aromatic N) is 1. The van der Waals surface area contributed by atoms with Crippen LogP contribution in [0.1, 0.15) is 15.9 Å². The molecule has 0 bridgehead atoms. The van der Waals surface area contributed by atoms with Gasteiger partial charge in [-0.3, -0.25) is 4.79 Å². The van der Waals surface area contributed by atoms with E-state index in [1.807, 2.05) is 0 Å². The Morgan fingerprint density at radius 1 is 1.45 bits per heavy atom.